The quantitative estimate of drug-likeness (QED) is 0.228. The van der Waals surface area contributed by atoms with Crippen LogP contribution in [0.5, 0.6) is 0 Å². The van der Waals surface area contributed by atoms with Gasteiger partial charge in [-0.2, -0.15) is 0 Å². The van der Waals surface area contributed by atoms with Crippen molar-refractivity contribution in [1.82, 2.24) is 10.9 Å². The molecule has 0 aromatic heterocycles. The highest BCUT2D eigenvalue weighted by Gasteiger charge is 2.05. The van der Waals surface area contributed by atoms with Crippen LogP contribution in [0.3, 0.4) is 0 Å². The second-order valence-corrected chi connectivity index (χ2v) is 4.53. The normalized spacial score (nSPS) is 10.4. The van der Waals surface area contributed by atoms with Crippen LogP contribution in [0.15, 0.2) is 12.2 Å². The minimum absolute atomic E-state index is 0. The molecular weight excluding hydrogens is 214 g/mol. The van der Waals surface area contributed by atoms with Gasteiger partial charge in [-0.3, -0.25) is 10.2 Å². The predicted molar refractivity (Wildman–Crippen MR) is 58.5 cm³/mol. The molecule has 0 saturated heterocycles. The molecule has 0 aliphatic heterocycles. The summed E-state index contributed by atoms with van der Waals surface area (Å²) >= 11 is 0. The van der Waals surface area contributed by atoms with Crippen LogP contribution >= 0.6 is 0 Å². The third kappa shape index (κ3) is 11.3. The van der Waals surface area contributed by atoms with Crippen LogP contribution in [0.2, 0.25) is 0 Å². The van der Waals surface area contributed by atoms with E-state index in [0.29, 0.717) is 5.57 Å². The zero-order valence-corrected chi connectivity index (χ0v) is 10.8. The Morgan fingerprint density at radius 2 is 1.87 bits per heavy atom. The molecule has 15 heavy (non-hydrogen) atoms. The predicted octanol–water partition coefficient (Wildman–Crippen LogP) is -2.72. The molecule has 0 rings (SSSR count). The van der Waals surface area contributed by atoms with Crippen molar-refractivity contribution in [3.05, 3.63) is 12.2 Å². The number of carbonyl (C=O) groups excluding carboxylic acids is 1. The average molecular weight is 236 g/mol. The second-order valence-electron chi connectivity index (χ2n) is 4.53. The number of hydrogen-bond donors (Lipinski definition) is 2. The molecular formula is C10H22ClN3O. The summed E-state index contributed by atoms with van der Waals surface area (Å²) in [5.74, 6) is -0.143. The summed E-state index contributed by atoms with van der Waals surface area (Å²) in [6.07, 6.45) is 1.03. The topological polar surface area (TPSA) is 41.1 Å². The van der Waals surface area contributed by atoms with Gasteiger partial charge in [-0.15, -0.1) is 0 Å². The minimum Gasteiger partial charge on any atom is -1.00 e. The van der Waals surface area contributed by atoms with Gasteiger partial charge in [-0.05, 0) is 6.92 Å². The Balaban J connectivity index is 0. The van der Waals surface area contributed by atoms with E-state index in [4.69, 9.17) is 0 Å². The van der Waals surface area contributed by atoms with Crippen molar-refractivity contribution in [2.75, 3.05) is 34.2 Å². The number of quaternary nitrogens is 1. The van der Waals surface area contributed by atoms with Crippen molar-refractivity contribution >= 4 is 5.91 Å². The van der Waals surface area contributed by atoms with E-state index < -0.39 is 0 Å². The average Bonchev–Trinajstić information content (AvgIpc) is 2.01. The minimum atomic E-state index is -0.143. The van der Waals surface area contributed by atoms with Crippen molar-refractivity contribution in [3.63, 3.8) is 0 Å². The lowest BCUT2D eigenvalue weighted by molar-refractivity contribution is -0.870. The van der Waals surface area contributed by atoms with E-state index in [2.05, 4.69) is 38.6 Å². The van der Waals surface area contributed by atoms with Gasteiger partial charge in [0.25, 0.3) is 5.91 Å². The van der Waals surface area contributed by atoms with Crippen molar-refractivity contribution in [1.29, 1.82) is 0 Å². The lowest BCUT2D eigenvalue weighted by atomic mass is 10.3. The molecule has 0 unspecified atom stereocenters. The molecule has 0 radical (unpaired) electrons. The Kier molecular flexibility index (Phi) is 8.62. The SMILES string of the molecule is C=C(C)C(=O)NNCCC[N+](C)(C)C.[Cl-]. The van der Waals surface area contributed by atoms with Crippen LogP contribution in [0.25, 0.3) is 0 Å². The molecule has 4 nitrogen and oxygen atoms in total. The van der Waals surface area contributed by atoms with E-state index in [1.54, 1.807) is 6.92 Å². The van der Waals surface area contributed by atoms with Crippen molar-refractivity contribution in [2.45, 2.75) is 13.3 Å². The molecule has 90 valence electrons. The molecule has 2 N–H and O–H groups in total. The molecule has 1 amide bonds. The van der Waals surface area contributed by atoms with Gasteiger partial charge >= 0.3 is 0 Å². The Morgan fingerprint density at radius 1 is 1.33 bits per heavy atom. The summed E-state index contributed by atoms with van der Waals surface area (Å²) in [5, 5.41) is 0. The highest BCUT2D eigenvalue weighted by Crippen LogP contribution is 1.91. The highest BCUT2D eigenvalue weighted by molar-refractivity contribution is 5.91. The summed E-state index contributed by atoms with van der Waals surface area (Å²) in [4.78, 5) is 11.0. The van der Waals surface area contributed by atoms with Crippen LogP contribution in [-0.4, -0.2) is 44.6 Å². The molecule has 5 heteroatoms. The molecule has 0 bridgehead atoms. The number of carbonyl (C=O) groups is 1. The first-order chi connectivity index (χ1) is 6.33. The second kappa shape index (κ2) is 7.68. The van der Waals surface area contributed by atoms with Gasteiger partial charge in [0.15, 0.2) is 0 Å². The zero-order chi connectivity index (χ0) is 11.2. The summed E-state index contributed by atoms with van der Waals surface area (Å²) in [5.41, 5.74) is 5.96. The van der Waals surface area contributed by atoms with Crippen LogP contribution in [0.4, 0.5) is 0 Å². The number of amides is 1. The van der Waals surface area contributed by atoms with Gasteiger partial charge in [0.05, 0.1) is 27.7 Å². The van der Waals surface area contributed by atoms with Crippen LogP contribution in [0.1, 0.15) is 13.3 Å². The fourth-order valence-corrected chi connectivity index (χ4v) is 0.891. The first kappa shape index (κ1) is 16.8. The molecule has 0 fully saturated rings. The maximum absolute atomic E-state index is 11.0. The Morgan fingerprint density at radius 3 is 2.27 bits per heavy atom. The van der Waals surface area contributed by atoms with Gasteiger partial charge in [0, 0.05) is 18.5 Å². The van der Waals surface area contributed by atoms with E-state index >= 15 is 0 Å². The van der Waals surface area contributed by atoms with Crippen molar-refractivity contribution in [3.8, 4) is 0 Å². The van der Waals surface area contributed by atoms with E-state index in [1.807, 2.05) is 0 Å². The van der Waals surface area contributed by atoms with E-state index in [9.17, 15) is 4.79 Å². The van der Waals surface area contributed by atoms with Crippen molar-refractivity contribution < 1.29 is 21.7 Å². The fourth-order valence-electron chi connectivity index (χ4n) is 0.891. The lowest BCUT2D eigenvalue weighted by Gasteiger charge is -2.23. The number of hydrazine groups is 1. The third-order valence-electron chi connectivity index (χ3n) is 1.72. The molecule has 0 aromatic carbocycles. The number of nitrogens with one attached hydrogen (secondary N) is 2. The first-order valence-corrected chi connectivity index (χ1v) is 4.82. The Labute approximate surface area is 98.7 Å². The van der Waals surface area contributed by atoms with Crippen molar-refractivity contribution in [2.24, 2.45) is 0 Å². The monoisotopic (exact) mass is 235 g/mol. The van der Waals surface area contributed by atoms with Gasteiger partial charge in [-0.25, -0.2) is 5.43 Å². The largest absolute Gasteiger partial charge is 1.00 e. The maximum Gasteiger partial charge on any atom is 0.260 e. The van der Waals surface area contributed by atoms with E-state index in [0.717, 1.165) is 24.0 Å². The van der Waals surface area contributed by atoms with E-state index in [-0.39, 0.29) is 18.3 Å². The summed E-state index contributed by atoms with van der Waals surface area (Å²) < 4.78 is 0.941. The smallest absolute Gasteiger partial charge is 0.260 e. The van der Waals surface area contributed by atoms with Crippen LogP contribution < -0.4 is 23.3 Å². The van der Waals surface area contributed by atoms with Crippen LogP contribution in [-0.2, 0) is 4.79 Å². The number of nitrogens with zero attached hydrogens (tertiary/aromatic N) is 1. The van der Waals surface area contributed by atoms with Gasteiger partial charge < -0.3 is 16.9 Å². The number of rotatable bonds is 6. The number of halogens is 1. The molecule has 0 heterocycles. The summed E-state index contributed by atoms with van der Waals surface area (Å²) in [7, 11) is 6.44. The molecule has 0 saturated carbocycles. The Hall–Kier alpha value is -0.580. The fraction of sp³-hybridized carbons (Fsp3) is 0.700. The van der Waals surface area contributed by atoms with Gasteiger partial charge in [0.2, 0.25) is 0 Å². The molecule has 0 aliphatic carbocycles. The standard InChI is InChI=1S/C10H21N3O.ClH/c1-9(2)10(14)12-11-7-6-8-13(3,4)5;/h11H,1,6-8H2,2-5H3;1H. The molecule has 0 aliphatic rings. The third-order valence-corrected chi connectivity index (χ3v) is 1.72. The van der Waals surface area contributed by atoms with Crippen LogP contribution in [0, 0.1) is 0 Å². The molecule has 0 aromatic rings. The summed E-state index contributed by atoms with van der Waals surface area (Å²) in [6.45, 7) is 7.09. The number of hydrogen-bond acceptors (Lipinski definition) is 2. The first-order valence-electron chi connectivity index (χ1n) is 4.82. The van der Waals surface area contributed by atoms with Gasteiger partial charge in [0.1, 0.15) is 0 Å². The highest BCUT2D eigenvalue weighted by atomic mass is 35.5. The summed E-state index contributed by atoms with van der Waals surface area (Å²) in [6, 6.07) is 0. The molecule has 0 atom stereocenters. The lowest BCUT2D eigenvalue weighted by Crippen LogP contribution is -3.00. The molecule has 0 spiro atoms. The Bertz CT molecular complexity index is 211. The maximum atomic E-state index is 11.0. The van der Waals surface area contributed by atoms with E-state index in [1.165, 1.54) is 0 Å². The zero-order valence-electron chi connectivity index (χ0n) is 10.1. The van der Waals surface area contributed by atoms with Gasteiger partial charge in [-0.1, -0.05) is 6.58 Å².